The summed E-state index contributed by atoms with van der Waals surface area (Å²) in [6, 6.07) is 13.4. The van der Waals surface area contributed by atoms with Crippen molar-refractivity contribution in [3.8, 4) is 5.69 Å². The maximum atomic E-state index is 12.9. The SMILES string of the molecule is Cc1nc(C(=O)NCCc2ccc(F)cc2)nn1-c1ccccc1Cl. The zero-order chi connectivity index (χ0) is 17.8. The number of benzene rings is 2. The number of nitrogens with zero attached hydrogens (tertiary/aromatic N) is 3. The van der Waals surface area contributed by atoms with Crippen LogP contribution in [0.25, 0.3) is 5.69 Å². The van der Waals surface area contributed by atoms with Crippen LogP contribution in [-0.2, 0) is 6.42 Å². The minimum atomic E-state index is -0.365. The lowest BCUT2D eigenvalue weighted by atomic mass is 10.1. The molecule has 0 bridgehead atoms. The molecule has 0 radical (unpaired) electrons. The molecule has 128 valence electrons. The van der Waals surface area contributed by atoms with Gasteiger partial charge in [-0.05, 0) is 43.2 Å². The van der Waals surface area contributed by atoms with Gasteiger partial charge in [-0.25, -0.2) is 14.1 Å². The lowest BCUT2D eigenvalue weighted by Gasteiger charge is -2.04. The molecular weight excluding hydrogens is 343 g/mol. The number of aromatic nitrogens is 3. The Morgan fingerprint density at radius 3 is 2.64 bits per heavy atom. The van der Waals surface area contributed by atoms with Crippen LogP contribution < -0.4 is 5.32 Å². The summed E-state index contributed by atoms with van der Waals surface area (Å²) in [4.78, 5) is 16.4. The van der Waals surface area contributed by atoms with Crippen molar-refractivity contribution in [2.24, 2.45) is 0 Å². The minimum Gasteiger partial charge on any atom is -0.349 e. The molecule has 1 N–H and O–H groups in total. The Labute approximate surface area is 149 Å². The summed E-state index contributed by atoms with van der Waals surface area (Å²) in [5.74, 6) is 0.00176. The molecular formula is C18H16ClFN4O. The van der Waals surface area contributed by atoms with Gasteiger partial charge in [0.05, 0.1) is 10.7 Å². The van der Waals surface area contributed by atoms with Crippen LogP contribution in [0.4, 0.5) is 4.39 Å². The van der Waals surface area contributed by atoms with Gasteiger partial charge in [0, 0.05) is 6.54 Å². The van der Waals surface area contributed by atoms with Crippen LogP contribution in [0.15, 0.2) is 48.5 Å². The van der Waals surface area contributed by atoms with E-state index in [4.69, 9.17) is 11.6 Å². The molecule has 5 nitrogen and oxygen atoms in total. The summed E-state index contributed by atoms with van der Waals surface area (Å²) in [5.41, 5.74) is 1.60. The van der Waals surface area contributed by atoms with Crippen molar-refractivity contribution in [2.45, 2.75) is 13.3 Å². The van der Waals surface area contributed by atoms with E-state index in [1.807, 2.05) is 12.1 Å². The highest BCUT2D eigenvalue weighted by atomic mass is 35.5. The largest absolute Gasteiger partial charge is 0.349 e. The highest BCUT2D eigenvalue weighted by Gasteiger charge is 2.16. The molecule has 0 fully saturated rings. The first-order valence-electron chi connectivity index (χ1n) is 7.76. The Morgan fingerprint density at radius 1 is 1.20 bits per heavy atom. The molecule has 0 saturated heterocycles. The van der Waals surface area contributed by atoms with Gasteiger partial charge < -0.3 is 5.32 Å². The quantitative estimate of drug-likeness (QED) is 0.761. The number of hydrogen-bond acceptors (Lipinski definition) is 3. The molecule has 7 heteroatoms. The Hall–Kier alpha value is -2.73. The van der Waals surface area contributed by atoms with Crippen LogP contribution in [0.2, 0.25) is 5.02 Å². The zero-order valence-corrected chi connectivity index (χ0v) is 14.3. The predicted octanol–water partition coefficient (Wildman–Crippen LogP) is 3.34. The highest BCUT2D eigenvalue weighted by molar-refractivity contribution is 6.32. The first-order valence-corrected chi connectivity index (χ1v) is 8.13. The third kappa shape index (κ3) is 4.03. The van der Waals surface area contributed by atoms with Gasteiger partial charge in [-0.1, -0.05) is 35.9 Å². The maximum Gasteiger partial charge on any atom is 0.290 e. The van der Waals surface area contributed by atoms with Crippen LogP contribution in [-0.4, -0.2) is 27.2 Å². The van der Waals surface area contributed by atoms with E-state index in [1.165, 1.54) is 16.8 Å². The van der Waals surface area contributed by atoms with Gasteiger partial charge in [-0.15, -0.1) is 5.10 Å². The average Bonchev–Trinajstić information content (AvgIpc) is 2.99. The van der Waals surface area contributed by atoms with E-state index in [0.717, 1.165) is 5.56 Å². The third-order valence-electron chi connectivity index (χ3n) is 3.67. The van der Waals surface area contributed by atoms with E-state index >= 15 is 0 Å². The lowest BCUT2D eigenvalue weighted by Crippen LogP contribution is -2.26. The van der Waals surface area contributed by atoms with Crippen molar-refractivity contribution in [1.82, 2.24) is 20.1 Å². The number of carbonyl (C=O) groups excluding carboxylic acids is 1. The molecule has 25 heavy (non-hydrogen) atoms. The van der Waals surface area contributed by atoms with Crippen molar-refractivity contribution < 1.29 is 9.18 Å². The molecule has 0 aliphatic rings. The molecule has 3 aromatic rings. The molecule has 0 spiro atoms. The number of nitrogens with one attached hydrogen (secondary N) is 1. The molecule has 2 aromatic carbocycles. The highest BCUT2D eigenvalue weighted by Crippen LogP contribution is 2.20. The Balaban J connectivity index is 1.66. The molecule has 0 atom stereocenters. The Morgan fingerprint density at radius 2 is 1.92 bits per heavy atom. The molecule has 1 aromatic heterocycles. The summed E-state index contributed by atoms with van der Waals surface area (Å²) < 4.78 is 14.4. The number of carbonyl (C=O) groups is 1. The van der Waals surface area contributed by atoms with Crippen LogP contribution in [0.1, 0.15) is 22.0 Å². The summed E-state index contributed by atoms with van der Waals surface area (Å²) in [5, 5.41) is 7.53. The zero-order valence-electron chi connectivity index (χ0n) is 13.5. The van der Waals surface area contributed by atoms with Crippen molar-refractivity contribution in [3.63, 3.8) is 0 Å². The second-order valence-electron chi connectivity index (χ2n) is 5.48. The first-order chi connectivity index (χ1) is 12.0. The molecule has 0 saturated carbocycles. The molecule has 0 unspecified atom stereocenters. The molecule has 1 heterocycles. The molecule has 1 amide bonds. The summed E-state index contributed by atoms with van der Waals surface area (Å²) in [7, 11) is 0. The second kappa shape index (κ2) is 7.44. The smallest absolute Gasteiger partial charge is 0.290 e. The van der Waals surface area contributed by atoms with E-state index < -0.39 is 0 Å². The first kappa shape index (κ1) is 17.1. The van der Waals surface area contributed by atoms with Gasteiger partial charge >= 0.3 is 0 Å². The average molecular weight is 359 g/mol. The number of halogens is 2. The van der Waals surface area contributed by atoms with Crippen LogP contribution in [0, 0.1) is 12.7 Å². The van der Waals surface area contributed by atoms with E-state index in [2.05, 4.69) is 15.4 Å². The van der Waals surface area contributed by atoms with Crippen molar-refractivity contribution in [1.29, 1.82) is 0 Å². The fraction of sp³-hybridized carbons (Fsp3) is 0.167. The van der Waals surface area contributed by atoms with Gasteiger partial charge in [-0.2, -0.15) is 0 Å². The third-order valence-corrected chi connectivity index (χ3v) is 3.98. The fourth-order valence-corrected chi connectivity index (χ4v) is 2.60. The topological polar surface area (TPSA) is 59.8 Å². The van der Waals surface area contributed by atoms with E-state index in [9.17, 15) is 9.18 Å². The fourth-order valence-electron chi connectivity index (χ4n) is 2.39. The second-order valence-corrected chi connectivity index (χ2v) is 5.89. The van der Waals surface area contributed by atoms with Gasteiger partial charge in [-0.3, -0.25) is 4.79 Å². The lowest BCUT2D eigenvalue weighted by molar-refractivity contribution is 0.0944. The van der Waals surface area contributed by atoms with Gasteiger partial charge in [0.25, 0.3) is 5.91 Å². The van der Waals surface area contributed by atoms with Crippen molar-refractivity contribution >= 4 is 17.5 Å². The standard InChI is InChI=1S/C18H16ClFN4O/c1-12-22-17(23-24(12)16-5-3-2-4-15(16)19)18(25)21-11-10-13-6-8-14(20)9-7-13/h2-9H,10-11H2,1H3,(H,21,25). The van der Waals surface area contributed by atoms with E-state index in [1.54, 1.807) is 31.2 Å². The van der Waals surface area contributed by atoms with Crippen LogP contribution in [0.5, 0.6) is 0 Å². The number of hydrogen-bond donors (Lipinski definition) is 1. The summed E-state index contributed by atoms with van der Waals surface area (Å²) in [6.45, 7) is 2.16. The Bertz CT molecular complexity index is 892. The Kier molecular flexibility index (Phi) is 5.09. The van der Waals surface area contributed by atoms with Gasteiger partial charge in [0.15, 0.2) is 0 Å². The molecule has 0 aliphatic heterocycles. The minimum absolute atomic E-state index is 0.0801. The number of amides is 1. The summed E-state index contributed by atoms with van der Waals surface area (Å²) in [6.07, 6.45) is 0.593. The van der Waals surface area contributed by atoms with Crippen molar-refractivity contribution in [2.75, 3.05) is 6.54 Å². The van der Waals surface area contributed by atoms with Gasteiger partial charge in [0.2, 0.25) is 5.82 Å². The predicted molar refractivity (Wildman–Crippen MR) is 93.5 cm³/mol. The van der Waals surface area contributed by atoms with E-state index in [0.29, 0.717) is 29.5 Å². The van der Waals surface area contributed by atoms with Crippen molar-refractivity contribution in [3.05, 3.63) is 76.6 Å². The maximum absolute atomic E-state index is 12.9. The van der Waals surface area contributed by atoms with Crippen LogP contribution >= 0.6 is 11.6 Å². The number of aryl methyl sites for hydroxylation is 1. The monoisotopic (exact) mass is 358 g/mol. The number of para-hydroxylation sites is 1. The summed E-state index contributed by atoms with van der Waals surface area (Å²) >= 11 is 6.17. The van der Waals surface area contributed by atoms with Gasteiger partial charge in [0.1, 0.15) is 11.6 Å². The normalized spacial score (nSPS) is 10.7. The molecule has 0 aliphatic carbocycles. The van der Waals surface area contributed by atoms with E-state index in [-0.39, 0.29) is 17.5 Å². The van der Waals surface area contributed by atoms with Crippen LogP contribution in [0.3, 0.4) is 0 Å². The molecule has 3 rings (SSSR count). The number of rotatable bonds is 5.